The number of carbonyl (C=O) groups excluding carboxylic acids is 1. The third kappa shape index (κ3) is 3.27. The number of nitrogens with zero attached hydrogens (tertiary/aromatic N) is 3. The molecule has 1 aliphatic rings. The third-order valence-corrected chi connectivity index (χ3v) is 4.27. The Morgan fingerprint density at radius 1 is 1.12 bits per heavy atom. The molecule has 0 saturated carbocycles. The van der Waals surface area contributed by atoms with Crippen molar-refractivity contribution in [2.45, 2.75) is 0 Å². The summed E-state index contributed by atoms with van der Waals surface area (Å²) in [6.45, 7) is 2.90. The highest BCUT2D eigenvalue weighted by molar-refractivity contribution is 5.94. The number of pyridine rings is 1. The quantitative estimate of drug-likeness (QED) is 0.932. The van der Waals surface area contributed by atoms with Crippen LogP contribution in [0.5, 0.6) is 5.88 Å². The van der Waals surface area contributed by atoms with Crippen molar-refractivity contribution in [2.24, 2.45) is 0 Å². The van der Waals surface area contributed by atoms with Gasteiger partial charge in [0.2, 0.25) is 5.88 Å². The molecule has 1 N–H and O–H groups in total. The van der Waals surface area contributed by atoms with E-state index in [1.54, 1.807) is 13.3 Å². The summed E-state index contributed by atoms with van der Waals surface area (Å²) >= 11 is 0. The van der Waals surface area contributed by atoms with E-state index in [9.17, 15) is 4.79 Å². The molecular formula is C18H22N4O2. The number of ether oxygens (including phenoxy) is 1. The van der Waals surface area contributed by atoms with Gasteiger partial charge in [-0.15, -0.1) is 0 Å². The van der Waals surface area contributed by atoms with Gasteiger partial charge in [0.15, 0.2) is 0 Å². The van der Waals surface area contributed by atoms with Gasteiger partial charge in [-0.25, -0.2) is 4.98 Å². The standard InChI is InChI=1S/C18H22N4O2/c1-19-15-7-5-14(6-8-15)18(23)22-12-10-21(11-13-22)16-4-3-9-20-17(16)24-2/h3-9,19H,10-13H2,1-2H3. The summed E-state index contributed by atoms with van der Waals surface area (Å²) in [6.07, 6.45) is 1.72. The molecule has 1 aromatic heterocycles. The van der Waals surface area contributed by atoms with Gasteiger partial charge < -0.3 is 19.9 Å². The van der Waals surface area contributed by atoms with Crippen LogP contribution in [0.4, 0.5) is 11.4 Å². The van der Waals surface area contributed by atoms with Gasteiger partial charge in [-0.1, -0.05) is 0 Å². The molecule has 0 bridgehead atoms. The zero-order valence-electron chi connectivity index (χ0n) is 14.0. The zero-order chi connectivity index (χ0) is 16.9. The SMILES string of the molecule is CNc1ccc(C(=O)N2CCN(c3cccnc3OC)CC2)cc1. The molecule has 6 heteroatoms. The Bertz CT molecular complexity index is 694. The van der Waals surface area contributed by atoms with Crippen LogP contribution in [0.3, 0.4) is 0 Å². The van der Waals surface area contributed by atoms with Crippen molar-refractivity contribution in [3.8, 4) is 5.88 Å². The number of rotatable bonds is 4. The van der Waals surface area contributed by atoms with E-state index in [-0.39, 0.29) is 5.91 Å². The Labute approximate surface area is 142 Å². The lowest BCUT2D eigenvalue weighted by molar-refractivity contribution is 0.0746. The summed E-state index contributed by atoms with van der Waals surface area (Å²) < 4.78 is 5.32. The summed E-state index contributed by atoms with van der Waals surface area (Å²) in [5.41, 5.74) is 2.70. The largest absolute Gasteiger partial charge is 0.480 e. The number of piperazine rings is 1. The molecule has 24 heavy (non-hydrogen) atoms. The summed E-state index contributed by atoms with van der Waals surface area (Å²) in [5, 5.41) is 3.06. The van der Waals surface area contributed by atoms with Crippen molar-refractivity contribution >= 4 is 17.3 Å². The molecule has 0 unspecified atom stereocenters. The van der Waals surface area contributed by atoms with Crippen LogP contribution >= 0.6 is 0 Å². The van der Waals surface area contributed by atoms with E-state index in [0.29, 0.717) is 19.0 Å². The van der Waals surface area contributed by atoms with Gasteiger partial charge in [0, 0.05) is 50.7 Å². The molecule has 0 spiro atoms. The second-order valence-corrected chi connectivity index (χ2v) is 5.64. The van der Waals surface area contributed by atoms with E-state index in [2.05, 4.69) is 15.2 Å². The maximum absolute atomic E-state index is 12.6. The predicted octanol–water partition coefficient (Wildman–Crippen LogP) is 2.09. The first-order valence-corrected chi connectivity index (χ1v) is 8.04. The van der Waals surface area contributed by atoms with Gasteiger partial charge in [0.1, 0.15) is 0 Å². The fraction of sp³-hybridized carbons (Fsp3) is 0.333. The number of hydrogen-bond donors (Lipinski definition) is 1. The number of aromatic nitrogens is 1. The molecular weight excluding hydrogens is 304 g/mol. The van der Waals surface area contributed by atoms with Gasteiger partial charge in [0.25, 0.3) is 5.91 Å². The van der Waals surface area contributed by atoms with Gasteiger partial charge in [-0.3, -0.25) is 4.79 Å². The molecule has 1 fully saturated rings. The molecule has 1 amide bonds. The summed E-state index contributed by atoms with van der Waals surface area (Å²) in [7, 11) is 3.49. The average molecular weight is 326 g/mol. The molecule has 3 rings (SSSR count). The minimum absolute atomic E-state index is 0.0791. The summed E-state index contributed by atoms with van der Waals surface area (Å²) in [4.78, 5) is 21.0. The van der Waals surface area contributed by atoms with E-state index in [0.717, 1.165) is 30.0 Å². The van der Waals surface area contributed by atoms with E-state index in [1.165, 1.54) is 0 Å². The van der Waals surface area contributed by atoms with Gasteiger partial charge in [-0.2, -0.15) is 0 Å². The van der Waals surface area contributed by atoms with Gasteiger partial charge in [0.05, 0.1) is 12.8 Å². The van der Waals surface area contributed by atoms with Crippen molar-refractivity contribution in [2.75, 3.05) is 50.6 Å². The number of benzene rings is 1. The van der Waals surface area contributed by atoms with E-state index >= 15 is 0 Å². The van der Waals surface area contributed by atoms with E-state index in [1.807, 2.05) is 48.3 Å². The van der Waals surface area contributed by atoms with Crippen molar-refractivity contribution < 1.29 is 9.53 Å². The molecule has 0 radical (unpaired) electrons. The fourth-order valence-corrected chi connectivity index (χ4v) is 2.89. The van der Waals surface area contributed by atoms with Crippen LogP contribution in [-0.4, -0.2) is 56.1 Å². The lowest BCUT2D eigenvalue weighted by Gasteiger charge is -2.36. The molecule has 1 aliphatic heterocycles. The van der Waals surface area contributed by atoms with Crippen molar-refractivity contribution in [3.05, 3.63) is 48.2 Å². The second-order valence-electron chi connectivity index (χ2n) is 5.64. The minimum Gasteiger partial charge on any atom is -0.480 e. The molecule has 6 nitrogen and oxygen atoms in total. The number of anilines is 2. The topological polar surface area (TPSA) is 57.7 Å². The maximum atomic E-state index is 12.6. The molecule has 2 aromatic rings. The summed E-state index contributed by atoms with van der Waals surface area (Å²) in [6, 6.07) is 11.5. The number of methoxy groups -OCH3 is 1. The smallest absolute Gasteiger partial charge is 0.253 e. The average Bonchev–Trinajstić information content (AvgIpc) is 2.67. The van der Waals surface area contributed by atoms with E-state index in [4.69, 9.17) is 4.74 Å². The van der Waals surface area contributed by atoms with Crippen LogP contribution in [0, 0.1) is 0 Å². The number of hydrogen-bond acceptors (Lipinski definition) is 5. The van der Waals surface area contributed by atoms with Crippen LogP contribution in [0.1, 0.15) is 10.4 Å². The van der Waals surface area contributed by atoms with Gasteiger partial charge in [-0.05, 0) is 36.4 Å². The lowest BCUT2D eigenvalue weighted by Crippen LogP contribution is -2.48. The third-order valence-electron chi connectivity index (χ3n) is 4.27. The van der Waals surface area contributed by atoms with Crippen LogP contribution < -0.4 is 15.0 Å². The van der Waals surface area contributed by atoms with Crippen LogP contribution in [0.2, 0.25) is 0 Å². The Balaban J connectivity index is 1.65. The van der Waals surface area contributed by atoms with Crippen LogP contribution in [0.15, 0.2) is 42.6 Å². The fourth-order valence-electron chi connectivity index (χ4n) is 2.89. The molecule has 2 heterocycles. The maximum Gasteiger partial charge on any atom is 0.253 e. The van der Waals surface area contributed by atoms with Crippen LogP contribution in [-0.2, 0) is 0 Å². The molecule has 1 saturated heterocycles. The Morgan fingerprint density at radius 3 is 2.46 bits per heavy atom. The zero-order valence-corrected chi connectivity index (χ0v) is 14.0. The lowest BCUT2D eigenvalue weighted by atomic mass is 10.1. The summed E-state index contributed by atoms with van der Waals surface area (Å²) in [5.74, 6) is 0.704. The number of nitrogens with one attached hydrogen (secondary N) is 1. The number of carbonyl (C=O) groups is 1. The Morgan fingerprint density at radius 2 is 1.83 bits per heavy atom. The first-order chi connectivity index (χ1) is 11.7. The van der Waals surface area contributed by atoms with Crippen LogP contribution in [0.25, 0.3) is 0 Å². The number of amides is 1. The highest BCUT2D eigenvalue weighted by Gasteiger charge is 2.24. The van der Waals surface area contributed by atoms with Crippen molar-refractivity contribution in [1.82, 2.24) is 9.88 Å². The Kier molecular flexibility index (Phi) is 4.84. The van der Waals surface area contributed by atoms with E-state index < -0.39 is 0 Å². The van der Waals surface area contributed by atoms with Crippen molar-refractivity contribution in [1.29, 1.82) is 0 Å². The first-order valence-electron chi connectivity index (χ1n) is 8.04. The Hall–Kier alpha value is -2.76. The molecule has 0 aliphatic carbocycles. The first kappa shape index (κ1) is 16.1. The predicted molar refractivity (Wildman–Crippen MR) is 94.9 cm³/mol. The highest BCUT2D eigenvalue weighted by Crippen LogP contribution is 2.26. The highest BCUT2D eigenvalue weighted by atomic mass is 16.5. The molecule has 0 atom stereocenters. The van der Waals surface area contributed by atoms with Gasteiger partial charge >= 0.3 is 0 Å². The molecule has 1 aromatic carbocycles. The second kappa shape index (κ2) is 7.21. The molecule has 126 valence electrons. The monoisotopic (exact) mass is 326 g/mol. The minimum atomic E-state index is 0.0791. The van der Waals surface area contributed by atoms with Crippen molar-refractivity contribution in [3.63, 3.8) is 0 Å². The normalized spacial score (nSPS) is 14.4.